The fraction of sp³-hybridized carbons (Fsp3) is 0.923. The second-order valence-corrected chi connectivity index (χ2v) is 4.98. The van der Waals surface area contributed by atoms with Crippen molar-refractivity contribution in [2.24, 2.45) is 5.92 Å². The van der Waals surface area contributed by atoms with Gasteiger partial charge in [-0.3, -0.25) is 4.79 Å². The monoisotopic (exact) mass is 258 g/mol. The maximum absolute atomic E-state index is 11.0. The lowest BCUT2D eigenvalue weighted by Gasteiger charge is -2.32. The first-order valence-electron chi connectivity index (χ1n) is 6.84. The van der Waals surface area contributed by atoms with Crippen LogP contribution in [0.4, 0.5) is 0 Å². The molecule has 5 nitrogen and oxygen atoms in total. The fourth-order valence-corrected chi connectivity index (χ4v) is 2.48. The number of carboxylic acid groups (broad SMARTS) is 1. The fourth-order valence-electron chi connectivity index (χ4n) is 2.48. The standard InChI is InChI=1S/C13H26N2O3/c1-3-14-12(13(16)17)6-9-15-7-4-11(5-8-15)10-18-2/h11-12,14H,3-10H2,1-2H3,(H,16,17). The number of carboxylic acids is 1. The maximum atomic E-state index is 11.0. The zero-order chi connectivity index (χ0) is 13.4. The van der Waals surface area contributed by atoms with Gasteiger partial charge < -0.3 is 20.1 Å². The van der Waals surface area contributed by atoms with Gasteiger partial charge in [-0.1, -0.05) is 6.92 Å². The van der Waals surface area contributed by atoms with Crippen molar-refractivity contribution < 1.29 is 14.6 Å². The third kappa shape index (κ3) is 5.33. The van der Waals surface area contributed by atoms with Crippen LogP contribution >= 0.6 is 0 Å². The molecule has 0 spiro atoms. The molecule has 0 bridgehead atoms. The van der Waals surface area contributed by atoms with Crippen LogP contribution in [0, 0.1) is 5.92 Å². The number of ether oxygens (including phenoxy) is 1. The Bertz CT molecular complexity index is 240. The summed E-state index contributed by atoms with van der Waals surface area (Å²) >= 11 is 0. The Balaban J connectivity index is 2.21. The van der Waals surface area contributed by atoms with E-state index in [-0.39, 0.29) is 0 Å². The summed E-state index contributed by atoms with van der Waals surface area (Å²) in [6, 6.07) is -0.410. The second-order valence-electron chi connectivity index (χ2n) is 4.98. The Morgan fingerprint density at radius 1 is 1.50 bits per heavy atom. The largest absolute Gasteiger partial charge is 0.480 e. The molecular formula is C13H26N2O3. The predicted molar refractivity (Wildman–Crippen MR) is 70.8 cm³/mol. The third-order valence-corrected chi connectivity index (χ3v) is 3.59. The van der Waals surface area contributed by atoms with Crippen molar-refractivity contribution in [3.63, 3.8) is 0 Å². The molecule has 0 aromatic heterocycles. The molecular weight excluding hydrogens is 232 g/mol. The zero-order valence-electron chi connectivity index (χ0n) is 11.5. The second kappa shape index (κ2) is 8.45. The van der Waals surface area contributed by atoms with E-state index in [1.807, 2.05) is 6.92 Å². The first kappa shape index (κ1) is 15.4. The van der Waals surface area contributed by atoms with Crippen molar-refractivity contribution in [1.29, 1.82) is 0 Å². The summed E-state index contributed by atoms with van der Waals surface area (Å²) in [5.41, 5.74) is 0. The van der Waals surface area contributed by atoms with Crippen LogP contribution in [0.5, 0.6) is 0 Å². The molecule has 0 radical (unpaired) electrons. The molecule has 1 fully saturated rings. The number of hydrogen-bond donors (Lipinski definition) is 2. The number of likely N-dealkylation sites (N-methyl/N-ethyl adjacent to an activating group) is 1. The third-order valence-electron chi connectivity index (χ3n) is 3.59. The van der Waals surface area contributed by atoms with Gasteiger partial charge in [0, 0.05) is 20.3 Å². The van der Waals surface area contributed by atoms with Gasteiger partial charge in [-0.2, -0.15) is 0 Å². The Kier molecular flexibility index (Phi) is 7.23. The summed E-state index contributed by atoms with van der Waals surface area (Å²) in [5.74, 6) is -0.0681. The van der Waals surface area contributed by atoms with Crippen molar-refractivity contribution in [2.75, 3.05) is 39.9 Å². The van der Waals surface area contributed by atoms with E-state index >= 15 is 0 Å². The zero-order valence-corrected chi connectivity index (χ0v) is 11.5. The van der Waals surface area contributed by atoms with Crippen molar-refractivity contribution in [1.82, 2.24) is 10.2 Å². The van der Waals surface area contributed by atoms with Crippen LogP contribution in [0.15, 0.2) is 0 Å². The molecule has 1 atom stereocenters. The number of rotatable bonds is 8. The van der Waals surface area contributed by atoms with Crippen LogP contribution in [0.25, 0.3) is 0 Å². The molecule has 2 N–H and O–H groups in total. The highest BCUT2D eigenvalue weighted by Crippen LogP contribution is 2.17. The molecule has 1 saturated heterocycles. The lowest BCUT2D eigenvalue weighted by Crippen LogP contribution is -2.42. The normalized spacial score (nSPS) is 19.9. The van der Waals surface area contributed by atoms with Crippen LogP contribution < -0.4 is 5.32 Å². The number of carbonyl (C=O) groups is 1. The van der Waals surface area contributed by atoms with Crippen LogP contribution in [0.1, 0.15) is 26.2 Å². The van der Waals surface area contributed by atoms with Gasteiger partial charge in [-0.25, -0.2) is 0 Å². The molecule has 18 heavy (non-hydrogen) atoms. The average molecular weight is 258 g/mol. The number of nitrogens with one attached hydrogen (secondary N) is 1. The van der Waals surface area contributed by atoms with Crippen LogP contribution in [0.2, 0.25) is 0 Å². The Morgan fingerprint density at radius 2 is 2.17 bits per heavy atom. The van der Waals surface area contributed by atoms with Crippen molar-refractivity contribution >= 4 is 5.97 Å². The number of methoxy groups -OCH3 is 1. The van der Waals surface area contributed by atoms with E-state index in [1.54, 1.807) is 7.11 Å². The average Bonchev–Trinajstić information content (AvgIpc) is 2.36. The van der Waals surface area contributed by atoms with Gasteiger partial charge >= 0.3 is 5.97 Å². The van der Waals surface area contributed by atoms with E-state index in [0.717, 1.165) is 39.1 Å². The van der Waals surface area contributed by atoms with Crippen molar-refractivity contribution in [3.05, 3.63) is 0 Å². The van der Waals surface area contributed by atoms with Gasteiger partial charge in [0.1, 0.15) is 6.04 Å². The molecule has 0 saturated carbocycles. The molecule has 0 aliphatic carbocycles. The van der Waals surface area contributed by atoms with E-state index in [4.69, 9.17) is 9.84 Å². The topological polar surface area (TPSA) is 61.8 Å². The molecule has 1 rings (SSSR count). The number of nitrogens with zero attached hydrogens (tertiary/aromatic N) is 1. The molecule has 1 heterocycles. The highest BCUT2D eigenvalue weighted by Gasteiger charge is 2.21. The number of hydrogen-bond acceptors (Lipinski definition) is 4. The molecule has 0 aromatic carbocycles. The van der Waals surface area contributed by atoms with E-state index in [1.165, 1.54) is 0 Å². The smallest absolute Gasteiger partial charge is 0.320 e. The highest BCUT2D eigenvalue weighted by molar-refractivity contribution is 5.73. The maximum Gasteiger partial charge on any atom is 0.320 e. The minimum atomic E-state index is -0.744. The molecule has 1 unspecified atom stereocenters. The molecule has 0 amide bonds. The number of likely N-dealkylation sites (tertiary alicyclic amines) is 1. The van der Waals surface area contributed by atoms with E-state index in [0.29, 0.717) is 18.9 Å². The lowest BCUT2D eigenvalue weighted by atomic mass is 9.97. The van der Waals surface area contributed by atoms with Gasteiger partial charge in [0.2, 0.25) is 0 Å². The Hall–Kier alpha value is -0.650. The van der Waals surface area contributed by atoms with Crippen LogP contribution in [-0.2, 0) is 9.53 Å². The number of aliphatic carboxylic acids is 1. The molecule has 106 valence electrons. The minimum Gasteiger partial charge on any atom is -0.480 e. The van der Waals surface area contributed by atoms with Gasteiger partial charge in [0.05, 0.1) is 0 Å². The number of piperidine rings is 1. The predicted octanol–water partition coefficient (Wildman–Crippen LogP) is 0.798. The van der Waals surface area contributed by atoms with E-state index < -0.39 is 12.0 Å². The van der Waals surface area contributed by atoms with E-state index in [2.05, 4.69) is 10.2 Å². The van der Waals surface area contributed by atoms with Crippen LogP contribution in [0.3, 0.4) is 0 Å². The summed E-state index contributed by atoms with van der Waals surface area (Å²) in [6.45, 7) is 6.48. The SMILES string of the molecule is CCNC(CCN1CCC(COC)CC1)C(=O)O. The quantitative estimate of drug-likeness (QED) is 0.674. The van der Waals surface area contributed by atoms with Gasteiger partial charge in [0.25, 0.3) is 0 Å². The van der Waals surface area contributed by atoms with Crippen molar-refractivity contribution in [3.8, 4) is 0 Å². The van der Waals surface area contributed by atoms with Crippen molar-refractivity contribution in [2.45, 2.75) is 32.2 Å². The molecule has 0 aromatic rings. The first-order chi connectivity index (χ1) is 8.67. The van der Waals surface area contributed by atoms with Gasteiger partial charge in [0.15, 0.2) is 0 Å². The molecule has 5 heteroatoms. The molecule has 1 aliphatic heterocycles. The van der Waals surface area contributed by atoms with Gasteiger partial charge in [-0.05, 0) is 44.8 Å². The van der Waals surface area contributed by atoms with E-state index in [9.17, 15) is 4.79 Å². The van der Waals surface area contributed by atoms with Gasteiger partial charge in [-0.15, -0.1) is 0 Å². The lowest BCUT2D eigenvalue weighted by molar-refractivity contribution is -0.139. The summed E-state index contributed by atoms with van der Waals surface area (Å²) in [5, 5.41) is 12.1. The first-order valence-corrected chi connectivity index (χ1v) is 6.84. The Morgan fingerprint density at radius 3 is 2.67 bits per heavy atom. The summed E-state index contributed by atoms with van der Waals surface area (Å²) in [7, 11) is 1.75. The van der Waals surface area contributed by atoms with Crippen LogP contribution in [-0.4, -0.2) is 61.9 Å². The summed E-state index contributed by atoms with van der Waals surface area (Å²) in [6.07, 6.45) is 3.00. The highest BCUT2D eigenvalue weighted by atomic mass is 16.5. The molecule has 1 aliphatic rings. The minimum absolute atomic E-state index is 0.410. The Labute approximate surface area is 109 Å². The summed E-state index contributed by atoms with van der Waals surface area (Å²) < 4.78 is 5.17. The summed E-state index contributed by atoms with van der Waals surface area (Å²) in [4.78, 5) is 13.4.